The van der Waals surface area contributed by atoms with Crippen LogP contribution in [0.1, 0.15) is 46.5 Å². The third-order valence-corrected chi connectivity index (χ3v) is 3.47. The van der Waals surface area contributed by atoms with Gasteiger partial charge in [-0.2, -0.15) is 0 Å². The fourth-order valence-corrected chi connectivity index (χ4v) is 2.29. The van der Waals surface area contributed by atoms with E-state index in [1.165, 1.54) is 0 Å². The van der Waals surface area contributed by atoms with Gasteiger partial charge < -0.3 is 4.74 Å². The lowest BCUT2D eigenvalue weighted by molar-refractivity contribution is -0.164. The summed E-state index contributed by atoms with van der Waals surface area (Å²) in [7, 11) is 0. The summed E-state index contributed by atoms with van der Waals surface area (Å²) < 4.78 is 5.15. The number of aldehydes is 1. The molecular formula is C12H20O3. The van der Waals surface area contributed by atoms with E-state index >= 15 is 0 Å². The van der Waals surface area contributed by atoms with Crippen molar-refractivity contribution in [3.05, 3.63) is 0 Å². The molecule has 86 valence electrons. The minimum atomic E-state index is -0.736. The van der Waals surface area contributed by atoms with Gasteiger partial charge in [-0.3, -0.25) is 4.79 Å². The lowest BCUT2D eigenvalue weighted by atomic mass is 9.75. The van der Waals surface area contributed by atoms with Crippen molar-refractivity contribution in [1.29, 1.82) is 0 Å². The van der Waals surface area contributed by atoms with Crippen LogP contribution in [0.2, 0.25) is 0 Å². The van der Waals surface area contributed by atoms with Gasteiger partial charge in [0.1, 0.15) is 5.60 Å². The lowest BCUT2D eigenvalue weighted by Crippen LogP contribution is -2.37. The minimum absolute atomic E-state index is 0.250. The van der Waals surface area contributed by atoms with Crippen molar-refractivity contribution in [2.75, 3.05) is 0 Å². The van der Waals surface area contributed by atoms with E-state index in [0.29, 0.717) is 5.92 Å². The largest absolute Gasteiger partial charge is 0.454 e. The molecule has 0 aromatic carbocycles. The Kier molecular flexibility index (Phi) is 3.89. The van der Waals surface area contributed by atoms with Crippen LogP contribution in [0.4, 0.5) is 0 Å². The molecule has 3 heteroatoms. The number of rotatable bonds is 3. The van der Waals surface area contributed by atoms with Gasteiger partial charge in [0.15, 0.2) is 0 Å². The van der Waals surface area contributed by atoms with E-state index in [2.05, 4.69) is 13.8 Å². The van der Waals surface area contributed by atoms with E-state index in [1.807, 2.05) is 6.92 Å². The van der Waals surface area contributed by atoms with E-state index < -0.39 is 11.6 Å². The van der Waals surface area contributed by atoms with E-state index in [0.717, 1.165) is 31.6 Å². The predicted molar refractivity (Wildman–Crippen MR) is 57.4 cm³/mol. The molecule has 0 unspecified atom stereocenters. The summed E-state index contributed by atoms with van der Waals surface area (Å²) in [5.41, 5.74) is -0.413. The number of hydrogen-bond donors (Lipinski definition) is 0. The fraction of sp³-hybridized carbons (Fsp3) is 0.833. The number of ether oxygens (including phenoxy) is 1. The monoisotopic (exact) mass is 212 g/mol. The highest BCUT2D eigenvalue weighted by Crippen LogP contribution is 2.37. The van der Waals surface area contributed by atoms with Crippen LogP contribution in [0.15, 0.2) is 0 Å². The van der Waals surface area contributed by atoms with Crippen molar-refractivity contribution in [3.8, 4) is 0 Å². The number of esters is 1. The van der Waals surface area contributed by atoms with Gasteiger partial charge in [-0.25, -0.2) is 4.79 Å². The zero-order chi connectivity index (χ0) is 11.5. The Morgan fingerprint density at radius 2 is 1.93 bits per heavy atom. The molecule has 0 aromatic rings. The molecule has 1 aliphatic rings. The first-order valence-electron chi connectivity index (χ1n) is 5.65. The second kappa shape index (κ2) is 4.77. The van der Waals surface area contributed by atoms with E-state index in [9.17, 15) is 9.59 Å². The molecule has 1 fully saturated rings. The Labute approximate surface area is 91.2 Å². The molecular weight excluding hydrogens is 192 g/mol. The number of carbonyl (C=O) groups is 2. The molecule has 15 heavy (non-hydrogen) atoms. The van der Waals surface area contributed by atoms with Gasteiger partial charge in [-0.05, 0) is 44.4 Å². The second-order valence-corrected chi connectivity index (χ2v) is 5.07. The standard InChI is InChI=1S/C12H20O3/c1-9(2)10-4-6-12(3,7-5-10)15-11(14)8-13/h8-10H,4-7H2,1-3H3. The molecule has 1 aliphatic carbocycles. The van der Waals surface area contributed by atoms with Crippen LogP contribution in [0.5, 0.6) is 0 Å². The van der Waals surface area contributed by atoms with Crippen molar-refractivity contribution < 1.29 is 14.3 Å². The summed E-state index contributed by atoms with van der Waals surface area (Å²) in [6.45, 7) is 6.38. The second-order valence-electron chi connectivity index (χ2n) is 5.07. The maximum absolute atomic E-state index is 10.9. The molecule has 0 heterocycles. The van der Waals surface area contributed by atoms with Crippen LogP contribution in [-0.4, -0.2) is 17.9 Å². The zero-order valence-corrected chi connectivity index (χ0v) is 9.79. The van der Waals surface area contributed by atoms with Gasteiger partial charge in [0.25, 0.3) is 0 Å². The molecule has 0 aromatic heterocycles. The molecule has 0 saturated heterocycles. The number of carbonyl (C=O) groups excluding carboxylic acids is 2. The molecule has 3 nitrogen and oxygen atoms in total. The van der Waals surface area contributed by atoms with Crippen molar-refractivity contribution in [2.45, 2.75) is 52.1 Å². The Hall–Kier alpha value is -0.860. The van der Waals surface area contributed by atoms with Crippen LogP contribution < -0.4 is 0 Å². The summed E-state index contributed by atoms with van der Waals surface area (Å²) in [5.74, 6) is 0.685. The summed E-state index contributed by atoms with van der Waals surface area (Å²) in [5, 5.41) is 0. The fourth-order valence-electron chi connectivity index (χ4n) is 2.29. The maximum atomic E-state index is 10.9. The SMILES string of the molecule is CC(C)C1CCC(C)(OC(=O)C=O)CC1. The predicted octanol–water partition coefficient (Wildman–Crippen LogP) is 2.33. The molecule has 0 atom stereocenters. The van der Waals surface area contributed by atoms with Crippen LogP contribution >= 0.6 is 0 Å². The van der Waals surface area contributed by atoms with Gasteiger partial charge >= 0.3 is 5.97 Å². The highest BCUT2D eigenvalue weighted by molar-refractivity contribution is 6.20. The van der Waals surface area contributed by atoms with Crippen LogP contribution in [0.25, 0.3) is 0 Å². The van der Waals surface area contributed by atoms with E-state index in [4.69, 9.17) is 4.74 Å². The van der Waals surface area contributed by atoms with Crippen molar-refractivity contribution in [3.63, 3.8) is 0 Å². The Morgan fingerprint density at radius 1 is 1.40 bits per heavy atom. The lowest BCUT2D eigenvalue weighted by Gasteiger charge is -2.37. The first-order valence-corrected chi connectivity index (χ1v) is 5.65. The zero-order valence-electron chi connectivity index (χ0n) is 9.79. The summed E-state index contributed by atoms with van der Waals surface area (Å²) in [6, 6.07) is 0. The first kappa shape index (κ1) is 12.2. The summed E-state index contributed by atoms with van der Waals surface area (Å²) in [6.07, 6.45) is 4.16. The Bertz CT molecular complexity index is 237. The molecule has 0 spiro atoms. The quantitative estimate of drug-likeness (QED) is 0.409. The molecule has 1 saturated carbocycles. The van der Waals surface area contributed by atoms with Crippen LogP contribution in [0, 0.1) is 11.8 Å². The van der Waals surface area contributed by atoms with Crippen molar-refractivity contribution in [2.24, 2.45) is 11.8 Å². The third kappa shape index (κ3) is 3.33. The highest BCUT2D eigenvalue weighted by Gasteiger charge is 2.35. The Morgan fingerprint density at radius 3 is 2.33 bits per heavy atom. The van der Waals surface area contributed by atoms with Gasteiger partial charge in [0.05, 0.1) is 0 Å². The van der Waals surface area contributed by atoms with Gasteiger partial charge in [-0.1, -0.05) is 13.8 Å². The highest BCUT2D eigenvalue weighted by atomic mass is 16.6. The average Bonchev–Trinajstić information content (AvgIpc) is 2.17. The average molecular weight is 212 g/mol. The normalized spacial score (nSPS) is 31.3. The number of hydrogen-bond acceptors (Lipinski definition) is 3. The van der Waals surface area contributed by atoms with Gasteiger partial charge in [0.2, 0.25) is 6.29 Å². The smallest absolute Gasteiger partial charge is 0.371 e. The molecule has 0 aliphatic heterocycles. The molecule has 1 rings (SSSR count). The molecule has 0 bridgehead atoms. The van der Waals surface area contributed by atoms with Crippen LogP contribution in [0.3, 0.4) is 0 Å². The Balaban J connectivity index is 2.47. The molecule has 0 amide bonds. The summed E-state index contributed by atoms with van der Waals surface area (Å²) >= 11 is 0. The minimum Gasteiger partial charge on any atom is -0.454 e. The third-order valence-electron chi connectivity index (χ3n) is 3.47. The van der Waals surface area contributed by atoms with E-state index in [1.54, 1.807) is 0 Å². The van der Waals surface area contributed by atoms with Crippen molar-refractivity contribution >= 4 is 12.3 Å². The van der Waals surface area contributed by atoms with Gasteiger partial charge in [-0.15, -0.1) is 0 Å². The molecule has 0 radical (unpaired) electrons. The maximum Gasteiger partial charge on any atom is 0.371 e. The van der Waals surface area contributed by atoms with Crippen LogP contribution in [-0.2, 0) is 14.3 Å². The van der Waals surface area contributed by atoms with Crippen molar-refractivity contribution in [1.82, 2.24) is 0 Å². The first-order chi connectivity index (χ1) is 6.97. The summed E-state index contributed by atoms with van der Waals surface area (Å²) in [4.78, 5) is 21.1. The molecule has 0 N–H and O–H groups in total. The van der Waals surface area contributed by atoms with E-state index in [-0.39, 0.29) is 6.29 Å². The van der Waals surface area contributed by atoms with Gasteiger partial charge in [0, 0.05) is 0 Å². The topological polar surface area (TPSA) is 43.4 Å².